The molecule has 0 aliphatic carbocycles. The first-order valence-corrected chi connectivity index (χ1v) is 8.72. The quantitative estimate of drug-likeness (QED) is 0.855. The normalized spacial score (nSPS) is 11.4. The van der Waals surface area contributed by atoms with Crippen molar-refractivity contribution in [3.05, 3.63) is 40.8 Å². The Kier molecular flexibility index (Phi) is 4.87. The van der Waals surface area contributed by atoms with Crippen LogP contribution in [0.1, 0.15) is 17.4 Å². The van der Waals surface area contributed by atoms with Gasteiger partial charge in [0.1, 0.15) is 9.96 Å². The number of sulfonamides is 1. The Balaban J connectivity index is 2.20. The van der Waals surface area contributed by atoms with Gasteiger partial charge in [-0.25, -0.2) is 8.42 Å². The van der Waals surface area contributed by atoms with Crippen molar-refractivity contribution in [2.75, 3.05) is 11.3 Å². The lowest BCUT2D eigenvalue weighted by atomic mass is 10.3. The van der Waals surface area contributed by atoms with Crippen LogP contribution in [0.2, 0.25) is 0 Å². The molecule has 2 aromatic rings. The molecule has 0 radical (unpaired) electrons. The van der Waals surface area contributed by atoms with Gasteiger partial charge in [-0.3, -0.25) is 4.72 Å². The highest BCUT2D eigenvalue weighted by Crippen LogP contribution is 2.28. The number of anilines is 1. The van der Waals surface area contributed by atoms with E-state index in [-0.39, 0.29) is 10.8 Å². The summed E-state index contributed by atoms with van der Waals surface area (Å²) in [5.74, 6) is 0.690. The predicted octanol–water partition coefficient (Wildman–Crippen LogP) is 2.75. The summed E-state index contributed by atoms with van der Waals surface area (Å²) in [6, 6.07) is 8.28. The Labute approximate surface area is 128 Å². The lowest BCUT2D eigenvalue weighted by Gasteiger charge is -2.07. The van der Waals surface area contributed by atoms with Crippen molar-refractivity contribution in [1.29, 1.82) is 0 Å². The van der Waals surface area contributed by atoms with E-state index < -0.39 is 10.0 Å². The van der Waals surface area contributed by atoms with Crippen molar-refractivity contribution in [2.45, 2.75) is 24.7 Å². The third-order valence-electron chi connectivity index (χ3n) is 2.82. The number of nitrogens with one attached hydrogen (secondary N) is 1. The summed E-state index contributed by atoms with van der Waals surface area (Å²) in [7, 11) is -3.63. The number of ether oxygens (including phenoxy) is 1. The second kappa shape index (κ2) is 6.46. The maximum Gasteiger partial charge on any atom is 0.271 e. The van der Waals surface area contributed by atoms with Gasteiger partial charge < -0.3 is 9.84 Å². The maximum atomic E-state index is 12.3. The average molecular weight is 327 g/mol. The van der Waals surface area contributed by atoms with Crippen LogP contribution in [-0.4, -0.2) is 20.1 Å². The van der Waals surface area contributed by atoms with E-state index in [0.29, 0.717) is 22.9 Å². The number of aryl methyl sites for hydroxylation is 1. The van der Waals surface area contributed by atoms with Gasteiger partial charge >= 0.3 is 0 Å². The molecule has 0 unspecified atom stereocenters. The largest absolute Gasteiger partial charge is 0.494 e. The highest BCUT2D eigenvalue weighted by Gasteiger charge is 2.18. The van der Waals surface area contributed by atoms with Gasteiger partial charge in [0.2, 0.25) is 0 Å². The van der Waals surface area contributed by atoms with Gasteiger partial charge in [0, 0.05) is 10.6 Å². The van der Waals surface area contributed by atoms with E-state index in [0.717, 1.165) is 16.9 Å². The van der Waals surface area contributed by atoms with Crippen molar-refractivity contribution >= 4 is 27.0 Å². The van der Waals surface area contributed by atoms with Crippen LogP contribution in [0.5, 0.6) is 5.75 Å². The molecule has 0 saturated carbocycles. The van der Waals surface area contributed by atoms with Crippen molar-refractivity contribution in [1.82, 2.24) is 0 Å². The minimum Gasteiger partial charge on any atom is -0.494 e. The van der Waals surface area contributed by atoms with E-state index in [1.54, 1.807) is 37.3 Å². The molecule has 1 aromatic carbocycles. The summed E-state index contributed by atoms with van der Waals surface area (Å²) in [6.07, 6.45) is 0. The molecule has 21 heavy (non-hydrogen) atoms. The molecule has 2 rings (SSSR count). The summed E-state index contributed by atoms with van der Waals surface area (Å²) >= 11 is 1.07. The first-order chi connectivity index (χ1) is 9.96. The number of rotatable bonds is 6. The minimum absolute atomic E-state index is 0.158. The molecular weight excluding hydrogens is 310 g/mol. The lowest BCUT2D eigenvalue weighted by Crippen LogP contribution is -2.11. The minimum atomic E-state index is -3.63. The molecule has 7 heteroatoms. The summed E-state index contributed by atoms with van der Waals surface area (Å²) in [5.41, 5.74) is 1.24. The molecule has 114 valence electrons. The molecule has 0 bridgehead atoms. The Morgan fingerprint density at radius 2 is 1.95 bits per heavy atom. The van der Waals surface area contributed by atoms with E-state index in [4.69, 9.17) is 9.84 Å². The average Bonchev–Trinajstić information content (AvgIpc) is 2.83. The van der Waals surface area contributed by atoms with Gasteiger partial charge in [0.05, 0.1) is 13.2 Å². The number of hydrogen-bond donors (Lipinski definition) is 2. The second-order valence-corrected chi connectivity index (χ2v) is 7.44. The van der Waals surface area contributed by atoms with Crippen molar-refractivity contribution in [3.63, 3.8) is 0 Å². The predicted molar refractivity (Wildman–Crippen MR) is 83.4 cm³/mol. The SMILES string of the molecule is CCOc1ccc(NS(=O)(=O)c2cc(C)c(CO)s2)cc1. The molecule has 0 aliphatic rings. The van der Waals surface area contributed by atoms with Gasteiger partial charge in [-0.15, -0.1) is 11.3 Å². The third-order valence-corrected chi connectivity index (χ3v) is 5.90. The van der Waals surface area contributed by atoms with E-state index in [2.05, 4.69) is 4.72 Å². The van der Waals surface area contributed by atoms with Crippen LogP contribution in [0, 0.1) is 6.92 Å². The van der Waals surface area contributed by atoms with Gasteiger partial charge in [-0.05, 0) is 49.7 Å². The summed E-state index contributed by atoms with van der Waals surface area (Å²) in [4.78, 5) is 0.655. The topological polar surface area (TPSA) is 75.6 Å². The van der Waals surface area contributed by atoms with Gasteiger partial charge in [-0.1, -0.05) is 0 Å². The van der Waals surface area contributed by atoms with Crippen molar-refractivity contribution in [2.24, 2.45) is 0 Å². The van der Waals surface area contributed by atoms with Crippen LogP contribution in [0.4, 0.5) is 5.69 Å². The fourth-order valence-corrected chi connectivity index (χ4v) is 4.28. The van der Waals surface area contributed by atoms with Crippen LogP contribution in [0.15, 0.2) is 34.5 Å². The molecule has 0 fully saturated rings. The smallest absolute Gasteiger partial charge is 0.271 e. The molecule has 0 aliphatic heterocycles. The molecule has 0 spiro atoms. The van der Waals surface area contributed by atoms with Crippen molar-refractivity contribution in [3.8, 4) is 5.75 Å². The summed E-state index contributed by atoms with van der Waals surface area (Å²) < 4.78 is 32.6. The van der Waals surface area contributed by atoms with E-state index in [1.165, 1.54) is 0 Å². The Bertz CT molecular complexity index is 705. The molecule has 2 N–H and O–H groups in total. The molecule has 0 amide bonds. The number of thiophene rings is 1. The standard InChI is InChI=1S/C14H17NO4S2/c1-3-19-12-6-4-11(5-7-12)15-21(17,18)14-8-10(2)13(9-16)20-14/h4-8,15-16H,3,9H2,1-2H3. The summed E-state index contributed by atoms with van der Waals surface area (Å²) in [6.45, 7) is 4.06. The monoisotopic (exact) mass is 327 g/mol. The Morgan fingerprint density at radius 3 is 2.48 bits per heavy atom. The van der Waals surface area contributed by atoms with E-state index in [9.17, 15) is 8.42 Å². The first-order valence-electron chi connectivity index (χ1n) is 6.42. The lowest BCUT2D eigenvalue weighted by molar-refractivity contribution is 0.285. The number of hydrogen-bond acceptors (Lipinski definition) is 5. The zero-order valence-electron chi connectivity index (χ0n) is 11.8. The van der Waals surface area contributed by atoms with Gasteiger partial charge in [-0.2, -0.15) is 0 Å². The fraction of sp³-hybridized carbons (Fsp3) is 0.286. The van der Waals surface area contributed by atoms with E-state index >= 15 is 0 Å². The zero-order valence-corrected chi connectivity index (χ0v) is 13.4. The molecule has 1 heterocycles. The molecule has 0 saturated heterocycles. The number of aliphatic hydroxyl groups excluding tert-OH is 1. The van der Waals surface area contributed by atoms with Crippen LogP contribution in [0.3, 0.4) is 0 Å². The zero-order chi connectivity index (χ0) is 15.5. The molecular formula is C14H17NO4S2. The first kappa shape index (κ1) is 15.8. The fourth-order valence-electron chi connectivity index (χ4n) is 1.77. The molecule has 0 atom stereocenters. The molecule has 1 aromatic heterocycles. The number of aliphatic hydroxyl groups is 1. The van der Waals surface area contributed by atoms with Crippen LogP contribution < -0.4 is 9.46 Å². The Hall–Kier alpha value is -1.57. The summed E-state index contributed by atoms with van der Waals surface area (Å²) in [5, 5.41) is 9.15. The highest BCUT2D eigenvalue weighted by atomic mass is 32.2. The highest BCUT2D eigenvalue weighted by molar-refractivity contribution is 7.94. The van der Waals surface area contributed by atoms with E-state index in [1.807, 2.05) is 6.92 Å². The second-order valence-electron chi connectivity index (χ2n) is 4.39. The third kappa shape index (κ3) is 3.75. The Morgan fingerprint density at radius 1 is 1.29 bits per heavy atom. The van der Waals surface area contributed by atoms with Crippen LogP contribution >= 0.6 is 11.3 Å². The van der Waals surface area contributed by atoms with Crippen LogP contribution in [-0.2, 0) is 16.6 Å². The molecule has 5 nitrogen and oxygen atoms in total. The van der Waals surface area contributed by atoms with Gasteiger partial charge in [0.25, 0.3) is 10.0 Å². The van der Waals surface area contributed by atoms with Gasteiger partial charge in [0.15, 0.2) is 0 Å². The number of benzene rings is 1. The maximum absolute atomic E-state index is 12.3. The van der Waals surface area contributed by atoms with Crippen molar-refractivity contribution < 1.29 is 18.3 Å². The van der Waals surface area contributed by atoms with Crippen LogP contribution in [0.25, 0.3) is 0 Å².